The maximum Gasteiger partial charge on any atom is 0.227 e. The van der Waals surface area contributed by atoms with E-state index in [9.17, 15) is 0 Å². The Kier molecular flexibility index (Phi) is 6.46. The van der Waals surface area contributed by atoms with E-state index in [0.717, 1.165) is 28.7 Å². The number of nitrogens with zero attached hydrogens (tertiary/aromatic N) is 5. The first-order chi connectivity index (χ1) is 15.9. The van der Waals surface area contributed by atoms with Gasteiger partial charge in [-0.3, -0.25) is 0 Å². The lowest BCUT2D eigenvalue weighted by Gasteiger charge is -2.23. The molecule has 0 aliphatic rings. The highest BCUT2D eigenvalue weighted by molar-refractivity contribution is 5.95. The molecule has 0 bridgehead atoms. The second-order valence-corrected chi connectivity index (χ2v) is 8.27. The number of halogens is 1. The van der Waals surface area contributed by atoms with Crippen LogP contribution in [0.15, 0.2) is 54.9 Å². The van der Waals surface area contributed by atoms with Gasteiger partial charge in [0.15, 0.2) is 11.6 Å². The molecule has 0 aliphatic heterocycles. The van der Waals surface area contributed by atoms with Crippen LogP contribution < -0.4 is 15.0 Å². The molecule has 0 fully saturated rings. The number of likely N-dealkylation sites (N-methyl/N-ethyl adjacent to an activating group) is 2. The molecule has 4 aromatic rings. The van der Waals surface area contributed by atoms with Crippen LogP contribution in [0, 0.1) is 5.82 Å². The summed E-state index contributed by atoms with van der Waals surface area (Å²) in [5.41, 5.74) is 3.86. The van der Waals surface area contributed by atoms with Crippen molar-refractivity contribution in [3.63, 3.8) is 0 Å². The van der Waals surface area contributed by atoms with Gasteiger partial charge in [-0.15, -0.1) is 0 Å². The summed E-state index contributed by atoms with van der Waals surface area (Å²) in [6.07, 6.45) is 3.74. The van der Waals surface area contributed by atoms with Crippen molar-refractivity contribution in [2.45, 2.75) is 0 Å². The van der Waals surface area contributed by atoms with Crippen LogP contribution >= 0.6 is 0 Å². The van der Waals surface area contributed by atoms with Crippen LogP contribution in [0.5, 0.6) is 5.75 Å². The number of hydrogen-bond acceptors (Lipinski definition) is 6. The number of ether oxygens (including phenoxy) is 1. The van der Waals surface area contributed by atoms with Crippen molar-refractivity contribution in [3.8, 4) is 17.0 Å². The van der Waals surface area contributed by atoms with Gasteiger partial charge in [-0.1, -0.05) is 18.2 Å². The molecule has 0 saturated carbocycles. The van der Waals surface area contributed by atoms with E-state index in [-0.39, 0.29) is 5.75 Å². The predicted molar refractivity (Wildman–Crippen MR) is 132 cm³/mol. The number of aromatic nitrogens is 3. The Morgan fingerprint density at radius 1 is 1.06 bits per heavy atom. The van der Waals surface area contributed by atoms with E-state index in [4.69, 9.17) is 4.74 Å². The summed E-state index contributed by atoms with van der Waals surface area (Å²) >= 11 is 0. The molecule has 2 aromatic heterocycles. The van der Waals surface area contributed by atoms with Crippen LogP contribution in [0.2, 0.25) is 0 Å². The SMILES string of the molecule is COc1c(Nc2nccc(-c3cn(C)c4ccccc34)n2)ccc(N(C)CCN(C)C)c1F. The Labute approximate surface area is 193 Å². The quantitative estimate of drug-likeness (QED) is 0.428. The zero-order chi connectivity index (χ0) is 23.5. The Balaban J connectivity index is 1.64. The molecule has 1 N–H and O–H groups in total. The van der Waals surface area contributed by atoms with Crippen LogP contribution in [0.25, 0.3) is 22.2 Å². The summed E-state index contributed by atoms with van der Waals surface area (Å²) in [7, 11) is 9.32. The van der Waals surface area contributed by atoms with Crippen LogP contribution in [0.1, 0.15) is 0 Å². The van der Waals surface area contributed by atoms with Crippen LogP contribution in [-0.4, -0.2) is 60.8 Å². The molecule has 8 heteroatoms. The van der Waals surface area contributed by atoms with Crippen molar-refractivity contribution >= 4 is 28.2 Å². The zero-order valence-corrected chi connectivity index (χ0v) is 19.6. The van der Waals surface area contributed by atoms with Crippen molar-refractivity contribution in [1.29, 1.82) is 0 Å². The third-order valence-electron chi connectivity index (χ3n) is 5.65. The second-order valence-electron chi connectivity index (χ2n) is 8.27. The number of anilines is 3. The van der Waals surface area contributed by atoms with Gasteiger partial charge in [0, 0.05) is 56.0 Å². The van der Waals surface area contributed by atoms with Gasteiger partial charge in [0.2, 0.25) is 5.95 Å². The maximum atomic E-state index is 15.3. The number of para-hydroxylation sites is 1. The van der Waals surface area contributed by atoms with Gasteiger partial charge in [-0.25, -0.2) is 14.4 Å². The highest BCUT2D eigenvalue weighted by Crippen LogP contribution is 2.36. The van der Waals surface area contributed by atoms with Crippen molar-refractivity contribution in [3.05, 3.63) is 60.7 Å². The molecule has 172 valence electrons. The van der Waals surface area contributed by atoms with Gasteiger partial charge in [-0.2, -0.15) is 0 Å². The molecule has 0 unspecified atom stereocenters. The number of benzene rings is 2. The number of nitrogens with one attached hydrogen (secondary N) is 1. The Morgan fingerprint density at radius 2 is 1.85 bits per heavy atom. The monoisotopic (exact) mass is 448 g/mol. The molecule has 0 radical (unpaired) electrons. The van der Waals surface area contributed by atoms with Crippen molar-refractivity contribution < 1.29 is 9.13 Å². The molecule has 0 spiro atoms. The minimum Gasteiger partial charge on any atom is -0.492 e. The lowest BCUT2D eigenvalue weighted by Crippen LogP contribution is -2.29. The zero-order valence-electron chi connectivity index (χ0n) is 19.6. The molecule has 7 nitrogen and oxygen atoms in total. The van der Waals surface area contributed by atoms with Crippen molar-refractivity contribution in [2.24, 2.45) is 7.05 Å². The first-order valence-corrected chi connectivity index (χ1v) is 10.8. The van der Waals surface area contributed by atoms with E-state index in [1.54, 1.807) is 18.3 Å². The van der Waals surface area contributed by atoms with Crippen LogP contribution in [0.4, 0.5) is 21.7 Å². The maximum absolute atomic E-state index is 15.3. The minimum absolute atomic E-state index is 0.128. The van der Waals surface area contributed by atoms with Crippen molar-refractivity contribution in [2.75, 3.05) is 51.6 Å². The lowest BCUT2D eigenvalue weighted by atomic mass is 10.1. The summed E-state index contributed by atoms with van der Waals surface area (Å²) in [4.78, 5) is 13.0. The summed E-state index contributed by atoms with van der Waals surface area (Å²) < 4.78 is 22.7. The summed E-state index contributed by atoms with van der Waals surface area (Å²) in [5, 5.41) is 4.23. The van der Waals surface area contributed by atoms with Crippen molar-refractivity contribution in [1.82, 2.24) is 19.4 Å². The molecule has 0 atom stereocenters. The number of methoxy groups -OCH3 is 1. The first kappa shape index (κ1) is 22.5. The van der Waals surface area contributed by atoms with E-state index >= 15 is 4.39 Å². The standard InChI is InChI=1S/C25H29FN6O/c1-30(2)14-15-31(3)22-11-10-20(24(33-5)23(22)26)29-25-27-13-12-19(28-25)18-16-32(4)21-9-7-6-8-17(18)21/h6-13,16H,14-15H2,1-5H3,(H,27,28,29). The van der Waals surface area contributed by atoms with Gasteiger partial charge in [0.25, 0.3) is 0 Å². The molecule has 4 rings (SSSR count). The Hall–Kier alpha value is -3.65. The number of rotatable bonds is 8. The molecule has 0 saturated heterocycles. The van der Waals surface area contributed by atoms with Crippen LogP contribution in [0.3, 0.4) is 0 Å². The third-order valence-corrected chi connectivity index (χ3v) is 5.65. The lowest BCUT2D eigenvalue weighted by molar-refractivity contribution is 0.387. The van der Waals surface area contributed by atoms with Gasteiger partial charge in [-0.05, 0) is 38.4 Å². The summed E-state index contributed by atoms with van der Waals surface area (Å²) in [5.74, 6) is 0.0733. The van der Waals surface area contributed by atoms with Crippen LogP contribution in [-0.2, 0) is 7.05 Å². The normalized spacial score (nSPS) is 11.2. The Morgan fingerprint density at radius 3 is 2.61 bits per heavy atom. The predicted octanol–water partition coefficient (Wildman–Crippen LogP) is 4.52. The van der Waals surface area contributed by atoms with E-state index in [0.29, 0.717) is 23.9 Å². The highest BCUT2D eigenvalue weighted by Gasteiger charge is 2.18. The fraction of sp³-hybridized carbons (Fsp3) is 0.280. The molecule has 2 aromatic carbocycles. The number of fused-ring (bicyclic) bond motifs is 1. The molecule has 0 amide bonds. The molecule has 33 heavy (non-hydrogen) atoms. The highest BCUT2D eigenvalue weighted by atomic mass is 19.1. The summed E-state index contributed by atoms with van der Waals surface area (Å²) in [6.45, 7) is 1.50. The molecular formula is C25H29FN6O. The average Bonchev–Trinajstić information content (AvgIpc) is 3.15. The first-order valence-electron chi connectivity index (χ1n) is 10.8. The van der Waals surface area contributed by atoms with E-state index < -0.39 is 5.82 Å². The molecule has 0 aliphatic carbocycles. The Bertz CT molecular complexity index is 1270. The van der Waals surface area contributed by atoms with E-state index in [1.807, 2.05) is 51.3 Å². The summed E-state index contributed by atoms with van der Waals surface area (Å²) in [6, 6.07) is 13.6. The number of hydrogen-bond donors (Lipinski definition) is 1. The fourth-order valence-corrected chi connectivity index (χ4v) is 3.84. The second kappa shape index (κ2) is 9.46. The number of aryl methyl sites for hydroxylation is 1. The minimum atomic E-state index is -0.422. The van der Waals surface area contributed by atoms with E-state index in [2.05, 4.69) is 43.1 Å². The smallest absolute Gasteiger partial charge is 0.227 e. The van der Waals surface area contributed by atoms with Gasteiger partial charge >= 0.3 is 0 Å². The largest absolute Gasteiger partial charge is 0.492 e. The van der Waals surface area contributed by atoms with Gasteiger partial charge in [0.1, 0.15) is 0 Å². The average molecular weight is 449 g/mol. The third kappa shape index (κ3) is 4.61. The fourth-order valence-electron chi connectivity index (χ4n) is 3.84. The van der Waals surface area contributed by atoms with Gasteiger partial charge in [0.05, 0.1) is 24.2 Å². The molecule has 2 heterocycles. The van der Waals surface area contributed by atoms with E-state index in [1.165, 1.54) is 7.11 Å². The van der Waals surface area contributed by atoms with Gasteiger partial charge < -0.3 is 24.4 Å². The molecular weight excluding hydrogens is 419 g/mol. The topological polar surface area (TPSA) is 58.5 Å².